The number of rotatable bonds is 5. The fourth-order valence-electron chi connectivity index (χ4n) is 2.17. The molecule has 0 amide bonds. The first-order chi connectivity index (χ1) is 9.29. The Kier molecular flexibility index (Phi) is 3.78. The Balaban J connectivity index is 2.44. The predicted octanol–water partition coefficient (Wildman–Crippen LogP) is 1.61. The molecule has 0 aliphatic heterocycles. The van der Waals surface area contributed by atoms with Gasteiger partial charge in [0.05, 0.1) is 28.9 Å². The summed E-state index contributed by atoms with van der Waals surface area (Å²) in [5, 5.41) is 12.0. The van der Waals surface area contributed by atoms with Crippen molar-refractivity contribution in [3.63, 3.8) is 0 Å². The molecule has 2 aromatic rings. The molecule has 0 atom stereocenters. The van der Waals surface area contributed by atoms with Crippen LogP contribution in [0.2, 0.25) is 0 Å². The number of nitro benzene ring substituents is 1. The Hall–Kier alpha value is -1.93. The van der Waals surface area contributed by atoms with Crippen molar-refractivity contribution in [3.8, 4) is 0 Å². The van der Waals surface area contributed by atoms with Crippen LogP contribution in [-0.2, 0) is 27.8 Å². The maximum absolute atomic E-state index is 11.1. The van der Waals surface area contributed by atoms with Gasteiger partial charge in [-0.2, -0.15) is 8.42 Å². The second-order valence-electron chi connectivity index (χ2n) is 4.46. The van der Waals surface area contributed by atoms with Crippen molar-refractivity contribution < 1.29 is 17.5 Å². The van der Waals surface area contributed by atoms with E-state index in [0.717, 1.165) is 17.2 Å². The summed E-state index contributed by atoms with van der Waals surface area (Å²) < 4.78 is 28.4. The molecule has 0 aliphatic carbocycles. The van der Waals surface area contributed by atoms with Gasteiger partial charge in [0.25, 0.3) is 15.8 Å². The van der Waals surface area contributed by atoms with E-state index in [4.69, 9.17) is 0 Å². The van der Waals surface area contributed by atoms with Crippen molar-refractivity contribution in [2.45, 2.75) is 6.42 Å². The molecule has 0 saturated carbocycles. The first-order valence-corrected chi connectivity index (χ1v) is 7.67. The molecule has 1 aromatic heterocycles. The molecule has 0 bridgehead atoms. The van der Waals surface area contributed by atoms with Gasteiger partial charge in [0, 0.05) is 31.1 Å². The zero-order valence-corrected chi connectivity index (χ0v) is 11.9. The van der Waals surface area contributed by atoms with Crippen molar-refractivity contribution in [3.05, 3.63) is 40.1 Å². The van der Waals surface area contributed by atoms with Crippen molar-refractivity contribution >= 4 is 26.7 Å². The van der Waals surface area contributed by atoms with Crippen LogP contribution in [0, 0.1) is 10.1 Å². The quantitative estimate of drug-likeness (QED) is 0.475. The largest absolute Gasteiger partial charge is 0.350 e. The van der Waals surface area contributed by atoms with Crippen molar-refractivity contribution in [1.82, 2.24) is 4.57 Å². The molecule has 0 N–H and O–H groups in total. The van der Waals surface area contributed by atoms with Crippen molar-refractivity contribution in [2.24, 2.45) is 7.05 Å². The number of benzene rings is 1. The maximum Gasteiger partial charge on any atom is 0.274 e. The third kappa shape index (κ3) is 2.97. The fourth-order valence-corrected chi connectivity index (χ4v) is 2.56. The summed E-state index contributed by atoms with van der Waals surface area (Å²) in [5.74, 6) is 0. The zero-order valence-electron chi connectivity index (χ0n) is 11.1. The van der Waals surface area contributed by atoms with Gasteiger partial charge < -0.3 is 4.57 Å². The molecule has 7 nitrogen and oxygen atoms in total. The van der Waals surface area contributed by atoms with E-state index >= 15 is 0 Å². The smallest absolute Gasteiger partial charge is 0.274 e. The van der Waals surface area contributed by atoms with E-state index in [1.165, 1.54) is 6.07 Å². The summed E-state index contributed by atoms with van der Waals surface area (Å²) in [5.41, 5.74) is 1.16. The Bertz CT molecular complexity index is 763. The van der Waals surface area contributed by atoms with Gasteiger partial charge in [-0.3, -0.25) is 14.3 Å². The second kappa shape index (κ2) is 5.22. The maximum atomic E-state index is 11.1. The Morgan fingerprint density at radius 3 is 2.65 bits per heavy atom. The molecule has 8 heteroatoms. The molecule has 108 valence electrons. The van der Waals surface area contributed by atoms with Gasteiger partial charge in [-0.25, -0.2) is 0 Å². The molecule has 0 spiro atoms. The molecule has 0 radical (unpaired) electrons. The summed E-state index contributed by atoms with van der Waals surface area (Å²) in [6.07, 6.45) is 2.90. The molecule has 0 aliphatic rings. The molecule has 2 rings (SSSR count). The van der Waals surface area contributed by atoms with E-state index in [0.29, 0.717) is 5.56 Å². The summed E-state index contributed by atoms with van der Waals surface area (Å²) in [6.45, 7) is -0.121. The number of hydrogen-bond donors (Lipinski definition) is 0. The number of aryl methyl sites for hydroxylation is 1. The van der Waals surface area contributed by atoms with Crippen LogP contribution < -0.4 is 0 Å². The lowest BCUT2D eigenvalue weighted by molar-refractivity contribution is -0.385. The van der Waals surface area contributed by atoms with Crippen LogP contribution in [0.4, 0.5) is 5.69 Å². The molecule has 0 fully saturated rings. The minimum atomic E-state index is -3.55. The topological polar surface area (TPSA) is 91.4 Å². The SMILES string of the molecule is Cn1ccc2ccc([N+](=O)[O-])c(CCOS(C)(=O)=O)c21. The third-order valence-corrected chi connectivity index (χ3v) is 3.56. The van der Waals surface area contributed by atoms with E-state index in [-0.39, 0.29) is 18.7 Å². The lowest BCUT2D eigenvalue weighted by Crippen LogP contribution is -2.08. The van der Waals surface area contributed by atoms with Crippen LogP contribution in [0.5, 0.6) is 0 Å². The van der Waals surface area contributed by atoms with Crippen molar-refractivity contribution in [2.75, 3.05) is 12.9 Å². The van der Waals surface area contributed by atoms with Crippen molar-refractivity contribution in [1.29, 1.82) is 0 Å². The van der Waals surface area contributed by atoms with Crippen LogP contribution in [0.1, 0.15) is 5.56 Å². The van der Waals surface area contributed by atoms with Crippen LogP contribution in [-0.4, -0.2) is 30.8 Å². The standard InChI is InChI=1S/C12H14N2O5S/c1-13-7-5-9-3-4-11(14(15)16)10(12(9)13)6-8-19-20(2,17)18/h3-5,7H,6,8H2,1-2H3. The monoisotopic (exact) mass is 298 g/mol. The highest BCUT2D eigenvalue weighted by Gasteiger charge is 2.19. The van der Waals surface area contributed by atoms with Gasteiger partial charge in [0.1, 0.15) is 0 Å². The molecule has 0 saturated heterocycles. The molecular formula is C12H14N2O5S. The average molecular weight is 298 g/mol. The molecule has 0 unspecified atom stereocenters. The second-order valence-corrected chi connectivity index (χ2v) is 6.10. The number of fused-ring (bicyclic) bond motifs is 1. The number of nitrogens with zero attached hydrogens (tertiary/aromatic N) is 2. The van der Waals surface area contributed by atoms with E-state index in [9.17, 15) is 18.5 Å². The summed E-state index contributed by atoms with van der Waals surface area (Å²) in [6, 6.07) is 4.95. The first-order valence-electron chi connectivity index (χ1n) is 5.85. The lowest BCUT2D eigenvalue weighted by atomic mass is 10.1. The highest BCUT2D eigenvalue weighted by molar-refractivity contribution is 7.85. The van der Waals surface area contributed by atoms with Gasteiger partial charge in [0.15, 0.2) is 0 Å². The van der Waals surface area contributed by atoms with E-state index in [2.05, 4.69) is 4.18 Å². The molecular weight excluding hydrogens is 284 g/mol. The van der Waals surface area contributed by atoms with Gasteiger partial charge in [-0.1, -0.05) is 0 Å². The number of hydrogen-bond acceptors (Lipinski definition) is 5. The van der Waals surface area contributed by atoms with E-state index in [1.54, 1.807) is 23.9 Å². The average Bonchev–Trinajstić information content (AvgIpc) is 2.69. The first kappa shape index (κ1) is 14.5. The molecule has 1 aromatic carbocycles. The molecule has 20 heavy (non-hydrogen) atoms. The molecule has 1 heterocycles. The van der Waals surface area contributed by atoms with Crippen LogP contribution in [0.25, 0.3) is 10.9 Å². The summed E-state index contributed by atoms with van der Waals surface area (Å²) in [4.78, 5) is 10.6. The van der Waals surface area contributed by atoms with Gasteiger partial charge in [-0.15, -0.1) is 0 Å². The highest BCUT2D eigenvalue weighted by atomic mass is 32.2. The Morgan fingerprint density at radius 2 is 2.05 bits per heavy atom. The van der Waals surface area contributed by atoms with Gasteiger partial charge in [0.2, 0.25) is 0 Å². The lowest BCUT2D eigenvalue weighted by Gasteiger charge is -2.07. The fraction of sp³-hybridized carbons (Fsp3) is 0.333. The van der Waals surface area contributed by atoms with E-state index < -0.39 is 15.0 Å². The zero-order chi connectivity index (χ0) is 14.9. The predicted molar refractivity (Wildman–Crippen MR) is 74.1 cm³/mol. The van der Waals surface area contributed by atoms with Crippen LogP contribution >= 0.6 is 0 Å². The highest BCUT2D eigenvalue weighted by Crippen LogP contribution is 2.28. The van der Waals surface area contributed by atoms with Crippen LogP contribution in [0.3, 0.4) is 0 Å². The van der Waals surface area contributed by atoms with Gasteiger partial charge >= 0.3 is 0 Å². The summed E-state index contributed by atoms with van der Waals surface area (Å²) >= 11 is 0. The number of aromatic nitrogens is 1. The minimum Gasteiger partial charge on any atom is -0.350 e. The van der Waals surface area contributed by atoms with E-state index in [1.807, 2.05) is 6.07 Å². The minimum absolute atomic E-state index is 0.0311. The normalized spacial score (nSPS) is 11.9. The number of nitro groups is 1. The van der Waals surface area contributed by atoms with Gasteiger partial charge in [-0.05, 0) is 12.1 Å². The van der Waals surface area contributed by atoms with Crippen LogP contribution in [0.15, 0.2) is 24.4 Å². The summed E-state index contributed by atoms with van der Waals surface area (Å²) in [7, 11) is -1.77. The Morgan fingerprint density at radius 1 is 1.35 bits per heavy atom. The Labute approximate surface area is 116 Å². The third-order valence-electron chi connectivity index (χ3n) is 2.97.